The number of ether oxygens (including phenoxy) is 1. The summed E-state index contributed by atoms with van der Waals surface area (Å²) in [5.41, 5.74) is 2.09. The van der Waals surface area contributed by atoms with Crippen LogP contribution in [0, 0.1) is 6.92 Å². The highest BCUT2D eigenvalue weighted by Gasteiger charge is 2.28. The Bertz CT molecular complexity index is 896. The molecule has 1 aliphatic carbocycles. The van der Waals surface area contributed by atoms with Crippen LogP contribution in [0.25, 0.3) is 0 Å². The number of carbonyl (C=O) groups excluding carboxylic acids is 2. The summed E-state index contributed by atoms with van der Waals surface area (Å²) >= 11 is 6.00. The first-order valence-electron chi connectivity index (χ1n) is 11.0. The van der Waals surface area contributed by atoms with Crippen LogP contribution in [-0.4, -0.2) is 35.4 Å². The molecule has 0 radical (unpaired) electrons. The zero-order valence-corrected chi connectivity index (χ0v) is 19.0. The summed E-state index contributed by atoms with van der Waals surface area (Å²) in [7, 11) is 0. The molecule has 1 atom stereocenters. The van der Waals surface area contributed by atoms with E-state index in [2.05, 4.69) is 5.32 Å². The van der Waals surface area contributed by atoms with Gasteiger partial charge in [-0.2, -0.15) is 0 Å². The summed E-state index contributed by atoms with van der Waals surface area (Å²) in [6.45, 7) is 3.98. The zero-order chi connectivity index (χ0) is 22.2. The molecule has 0 unspecified atom stereocenters. The highest BCUT2D eigenvalue weighted by atomic mass is 35.5. The van der Waals surface area contributed by atoms with Gasteiger partial charge in [0, 0.05) is 17.6 Å². The lowest BCUT2D eigenvalue weighted by molar-refractivity contribution is -0.142. The molecule has 2 aromatic rings. The zero-order valence-electron chi connectivity index (χ0n) is 18.3. The number of halogens is 1. The molecule has 0 spiro atoms. The van der Waals surface area contributed by atoms with Crippen molar-refractivity contribution < 1.29 is 14.3 Å². The van der Waals surface area contributed by atoms with Crippen molar-refractivity contribution in [3.05, 3.63) is 64.7 Å². The number of amides is 2. The lowest BCUT2D eigenvalue weighted by Gasteiger charge is -2.31. The molecule has 0 aromatic heterocycles. The fourth-order valence-electron chi connectivity index (χ4n) is 3.94. The van der Waals surface area contributed by atoms with E-state index in [1.54, 1.807) is 36.1 Å². The minimum atomic E-state index is -0.599. The van der Waals surface area contributed by atoms with Crippen LogP contribution in [0.1, 0.15) is 50.2 Å². The molecule has 0 bridgehead atoms. The van der Waals surface area contributed by atoms with E-state index < -0.39 is 6.04 Å². The number of benzene rings is 2. The first-order valence-corrected chi connectivity index (χ1v) is 11.3. The lowest BCUT2D eigenvalue weighted by atomic mass is 9.95. The molecule has 0 heterocycles. The molecule has 5 nitrogen and oxygen atoms in total. The molecular formula is C25H31ClN2O3. The van der Waals surface area contributed by atoms with Gasteiger partial charge in [0.15, 0.2) is 6.61 Å². The van der Waals surface area contributed by atoms with Gasteiger partial charge in [-0.25, -0.2) is 0 Å². The molecule has 166 valence electrons. The SMILES string of the molecule is Cc1cccc(CN(C(=O)COc2cccc(Cl)c2)[C@H](C)C(=O)NC2CCCCC2)c1. The summed E-state index contributed by atoms with van der Waals surface area (Å²) in [6.07, 6.45) is 5.50. The molecule has 1 aliphatic rings. The standard InChI is InChI=1S/C25H31ClN2O3/c1-18-8-6-9-20(14-18)16-28(19(2)25(30)27-22-11-4-3-5-12-22)24(29)17-31-23-13-7-10-21(26)15-23/h6-10,13-15,19,22H,3-5,11-12,16-17H2,1-2H3,(H,27,30)/t19-/m1/s1. The number of nitrogens with zero attached hydrogens (tertiary/aromatic N) is 1. The third-order valence-electron chi connectivity index (χ3n) is 5.71. The summed E-state index contributed by atoms with van der Waals surface area (Å²) in [5, 5.41) is 3.68. The first-order chi connectivity index (χ1) is 14.9. The Labute approximate surface area is 189 Å². The molecule has 6 heteroatoms. The quantitative estimate of drug-likeness (QED) is 0.633. The smallest absolute Gasteiger partial charge is 0.261 e. The topological polar surface area (TPSA) is 58.6 Å². The predicted octanol–water partition coefficient (Wildman–Crippen LogP) is 4.89. The molecule has 0 saturated heterocycles. The van der Waals surface area contributed by atoms with Gasteiger partial charge in [0.05, 0.1) is 0 Å². The van der Waals surface area contributed by atoms with E-state index in [1.165, 1.54) is 6.42 Å². The molecule has 3 rings (SSSR count). The fraction of sp³-hybridized carbons (Fsp3) is 0.440. The molecule has 31 heavy (non-hydrogen) atoms. The third kappa shape index (κ3) is 7.00. The molecule has 1 saturated carbocycles. The van der Waals surface area contributed by atoms with E-state index in [0.29, 0.717) is 17.3 Å². The van der Waals surface area contributed by atoms with Gasteiger partial charge in [0.25, 0.3) is 5.91 Å². The van der Waals surface area contributed by atoms with Gasteiger partial charge >= 0.3 is 0 Å². The van der Waals surface area contributed by atoms with Crippen molar-refractivity contribution in [3.63, 3.8) is 0 Å². The van der Waals surface area contributed by atoms with Crippen LogP contribution in [0.15, 0.2) is 48.5 Å². The number of rotatable bonds is 8. The molecule has 2 amide bonds. The minimum Gasteiger partial charge on any atom is -0.484 e. The number of hydrogen-bond donors (Lipinski definition) is 1. The van der Waals surface area contributed by atoms with E-state index in [4.69, 9.17) is 16.3 Å². The predicted molar refractivity (Wildman–Crippen MR) is 123 cm³/mol. The normalized spacial score (nSPS) is 15.2. The number of carbonyl (C=O) groups is 2. The molecule has 1 N–H and O–H groups in total. The highest BCUT2D eigenvalue weighted by molar-refractivity contribution is 6.30. The van der Waals surface area contributed by atoms with Gasteiger partial charge in [0.2, 0.25) is 5.91 Å². The Hall–Kier alpha value is -2.53. The van der Waals surface area contributed by atoms with Crippen LogP contribution in [0.5, 0.6) is 5.75 Å². The van der Waals surface area contributed by atoms with Gasteiger partial charge in [-0.05, 0) is 50.5 Å². The second-order valence-corrected chi connectivity index (χ2v) is 8.71. The van der Waals surface area contributed by atoms with Crippen molar-refractivity contribution in [2.24, 2.45) is 0 Å². The fourth-order valence-corrected chi connectivity index (χ4v) is 4.12. The van der Waals surface area contributed by atoms with Crippen molar-refractivity contribution in [2.75, 3.05) is 6.61 Å². The largest absolute Gasteiger partial charge is 0.484 e. The second-order valence-electron chi connectivity index (χ2n) is 8.28. The van der Waals surface area contributed by atoms with Crippen molar-refractivity contribution in [2.45, 2.75) is 64.6 Å². The molecular weight excluding hydrogens is 412 g/mol. The maximum Gasteiger partial charge on any atom is 0.261 e. The first kappa shape index (κ1) is 23.1. The number of nitrogens with one attached hydrogen (secondary N) is 1. The molecule has 2 aromatic carbocycles. The van der Waals surface area contributed by atoms with Crippen LogP contribution >= 0.6 is 11.6 Å². The highest BCUT2D eigenvalue weighted by Crippen LogP contribution is 2.20. The van der Waals surface area contributed by atoms with Gasteiger partial charge in [-0.15, -0.1) is 0 Å². The minimum absolute atomic E-state index is 0.115. The summed E-state index contributed by atoms with van der Waals surface area (Å²) in [4.78, 5) is 27.7. The van der Waals surface area contributed by atoms with Gasteiger partial charge in [-0.3, -0.25) is 9.59 Å². The van der Waals surface area contributed by atoms with Gasteiger partial charge in [0.1, 0.15) is 11.8 Å². The van der Waals surface area contributed by atoms with Crippen LogP contribution in [0.4, 0.5) is 0 Å². The monoisotopic (exact) mass is 442 g/mol. The maximum atomic E-state index is 13.1. The number of aryl methyl sites for hydroxylation is 1. The second kappa shape index (κ2) is 11.2. The average Bonchev–Trinajstić information content (AvgIpc) is 2.76. The van der Waals surface area contributed by atoms with Gasteiger partial charge < -0.3 is 15.0 Å². The molecule has 0 aliphatic heterocycles. The maximum absolute atomic E-state index is 13.1. The van der Waals surface area contributed by atoms with E-state index in [9.17, 15) is 9.59 Å². The Morgan fingerprint density at radius 3 is 2.58 bits per heavy atom. The van der Waals surface area contributed by atoms with Crippen LogP contribution < -0.4 is 10.1 Å². The van der Waals surface area contributed by atoms with Crippen molar-refractivity contribution in [3.8, 4) is 5.75 Å². The summed E-state index contributed by atoms with van der Waals surface area (Å²) in [6, 6.07) is 14.5. The lowest BCUT2D eigenvalue weighted by Crippen LogP contribution is -2.51. The average molecular weight is 443 g/mol. The van der Waals surface area contributed by atoms with E-state index in [-0.39, 0.29) is 24.5 Å². The number of hydrogen-bond acceptors (Lipinski definition) is 3. The third-order valence-corrected chi connectivity index (χ3v) is 5.95. The Morgan fingerprint density at radius 2 is 1.87 bits per heavy atom. The van der Waals surface area contributed by atoms with Crippen LogP contribution in [0.3, 0.4) is 0 Å². The molecule has 1 fully saturated rings. The van der Waals surface area contributed by atoms with Gasteiger partial charge in [-0.1, -0.05) is 66.8 Å². The van der Waals surface area contributed by atoms with Crippen molar-refractivity contribution in [1.29, 1.82) is 0 Å². The van der Waals surface area contributed by atoms with Crippen LogP contribution in [0.2, 0.25) is 5.02 Å². The Balaban J connectivity index is 1.70. The summed E-state index contributed by atoms with van der Waals surface area (Å²) < 4.78 is 5.66. The van der Waals surface area contributed by atoms with Crippen molar-refractivity contribution in [1.82, 2.24) is 10.2 Å². The van der Waals surface area contributed by atoms with E-state index >= 15 is 0 Å². The van der Waals surface area contributed by atoms with Crippen molar-refractivity contribution >= 4 is 23.4 Å². The summed E-state index contributed by atoms with van der Waals surface area (Å²) in [5.74, 6) is 0.166. The van der Waals surface area contributed by atoms with Crippen LogP contribution in [-0.2, 0) is 16.1 Å². The van der Waals surface area contributed by atoms with E-state index in [1.807, 2.05) is 31.2 Å². The Kier molecular flexibility index (Phi) is 8.35. The van der Waals surface area contributed by atoms with E-state index in [0.717, 1.165) is 36.8 Å². The Morgan fingerprint density at radius 1 is 1.13 bits per heavy atom.